The van der Waals surface area contributed by atoms with E-state index in [1.54, 1.807) is 13.8 Å². The van der Waals surface area contributed by atoms with Gasteiger partial charge in [0, 0.05) is 13.1 Å². The summed E-state index contributed by atoms with van der Waals surface area (Å²) >= 11 is 0. The maximum Gasteiger partial charge on any atom is 0.320 e. The maximum absolute atomic E-state index is 12.3. The molecule has 0 aliphatic heterocycles. The van der Waals surface area contributed by atoms with Crippen molar-refractivity contribution in [3.05, 3.63) is 33.9 Å². The number of anilines is 1. The molecule has 0 aliphatic rings. The highest BCUT2D eigenvalue weighted by Crippen LogP contribution is 2.20. The van der Waals surface area contributed by atoms with Crippen LogP contribution >= 0.6 is 0 Å². The second-order valence-corrected chi connectivity index (χ2v) is 4.52. The molecule has 2 heterocycles. The van der Waals surface area contributed by atoms with Gasteiger partial charge in [-0.3, -0.25) is 29.1 Å². The first-order valence-electron chi connectivity index (χ1n) is 6.77. The van der Waals surface area contributed by atoms with E-state index in [0.29, 0.717) is 13.1 Å². The normalized spacial score (nSPS) is 10.5. The zero-order valence-electron chi connectivity index (χ0n) is 12.5. The number of rotatable bonds is 6. The van der Waals surface area contributed by atoms with Crippen LogP contribution in [0.2, 0.25) is 0 Å². The number of nitrogens with zero attached hydrogens (tertiary/aromatic N) is 5. The van der Waals surface area contributed by atoms with Crippen molar-refractivity contribution >= 4 is 23.2 Å². The Morgan fingerprint density at radius 3 is 2.61 bits per heavy atom. The van der Waals surface area contributed by atoms with Crippen molar-refractivity contribution < 1.29 is 14.5 Å². The monoisotopic (exact) mass is 321 g/mol. The van der Waals surface area contributed by atoms with Gasteiger partial charge in [0.25, 0.3) is 11.8 Å². The Morgan fingerprint density at radius 1 is 1.39 bits per heavy atom. The quantitative estimate of drug-likeness (QED) is 0.579. The molecule has 2 amide bonds. The number of aromatic nitrogens is 4. The fourth-order valence-corrected chi connectivity index (χ4v) is 2.03. The molecule has 0 spiro atoms. The van der Waals surface area contributed by atoms with Gasteiger partial charge in [-0.2, -0.15) is 10.2 Å². The molecular formula is C12H15N7O4. The summed E-state index contributed by atoms with van der Waals surface area (Å²) in [6.07, 6.45) is 2.42. The van der Waals surface area contributed by atoms with Crippen LogP contribution in [0.1, 0.15) is 34.8 Å². The Hall–Kier alpha value is -3.24. The lowest BCUT2D eigenvalue weighted by atomic mass is 10.3. The van der Waals surface area contributed by atoms with Crippen molar-refractivity contribution in [2.75, 3.05) is 5.32 Å². The summed E-state index contributed by atoms with van der Waals surface area (Å²) < 4.78 is 2.59. The third-order valence-electron chi connectivity index (χ3n) is 3.10. The first-order chi connectivity index (χ1) is 10.9. The third kappa shape index (κ3) is 3.02. The number of carbonyl (C=O) groups excluding carboxylic acids is 2. The van der Waals surface area contributed by atoms with Gasteiger partial charge in [0.15, 0.2) is 0 Å². The van der Waals surface area contributed by atoms with Crippen LogP contribution in [0.5, 0.6) is 0 Å². The van der Waals surface area contributed by atoms with E-state index in [9.17, 15) is 19.7 Å². The molecule has 0 saturated carbocycles. The zero-order chi connectivity index (χ0) is 17.1. The number of nitro groups is 1. The number of carbonyl (C=O) groups is 2. The average molecular weight is 321 g/mol. The van der Waals surface area contributed by atoms with E-state index in [4.69, 9.17) is 5.73 Å². The van der Waals surface area contributed by atoms with Crippen molar-refractivity contribution in [3.8, 4) is 0 Å². The van der Waals surface area contributed by atoms with Crippen LogP contribution in [-0.4, -0.2) is 36.3 Å². The average Bonchev–Trinajstić information content (AvgIpc) is 3.10. The van der Waals surface area contributed by atoms with E-state index in [-0.39, 0.29) is 17.1 Å². The van der Waals surface area contributed by atoms with Crippen molar-refractivity contribution in [1.82, 2.24) is 19.6 Å². The summed E-state index contributed by atoms with van der Waals surface area (Å²) in [5.41, 5.74) is 4.59. The Labute approximate surface area is 130 Å². The molecule has 0 atom stereocenters. The van der Waals surface area contributed by atoms with Crippen LogP contribution in [0.3, 0.4) is 0 Å². The number of hydrogen-bond donors (Lipinski definition) is 2. The number of amides is 2. The van der Waals surface area contributed by atoms with Crippen molar-refractivity contribution in [3.63, 3.8) is 0 Å². The van der Waals surface area contributed by atoms with Gasteiger partial charge in [-0.05, 0) is 13.8 Å². The van der Waals surface area contributed by atoms with Crippen LogP contribution in [0.15, 0.2) is 12.4 Å². The Kier molecular flexibility index (Phi) is 4.39. The Morgan fingerprint density at radius 2 is 2.09 bits per heavy atom. The molecule has 11 nitrogen and oxygen atoms in total. The minimum absolute atomic E-state index is 0.0124. The second kappa shape index (κ2) is 6.25. The molecule has 0 fully saturated rings. The lowest BCUT2D eigenvalue weighted by molar-refractivity contribution is -0.385. The van der Waals surface area contributed by atoms with Gasteiger partial charge in [0.2, 0.25) is 5.69 Å². The van der Waals surface area contributed by atoms with Gasteiger partial charge < -0.3 is 11.1 Å². The summed E-state index contributed by atoms with van der Waals surface area (Å²) in [6, 6.07) is 0. The minimum Gasteiger partial charge on any atom is -0.364 e. The van der Waals surface area contributed by atoms with Crippen LogP contribution in [-0.2, 0) is 13.1 Å². The van der Waals surface area contributed by atoms with Gasteiger partial charge in [-0.25, -0.2) is 0 Å². The highest BCUT2D eigenvalue weighted by Gasteiger charge is 2.27. The van der Waals surface area contributed by atoms with Crippen LogP contribution in [0, 0.1) is 10.1 Å². The summed E-state index contributed by atoms with van der Waals surface area (Å²) in [5.74, 6) is -1.59. The molecule has 0 aliphatic carbocycles. The fourth-order valence-electron chi connectivity index (χ4n) is 2.03. The molecule has 11 heteroatoms. The van der Waals surface area contributed by atoms with Gasteiger partial charge in [0.05, 0.1) is 16.8 Å². The molecule has 122 valence electrons. The van der Waals surface area contributed by atoms with E-state index < -0.39 is 22.4 Å². The van der Waals surface area contributed by atoms with E-state index in [0.717, 1.165) is 0 Å². The number of nitrogens with one attached hydrogen (secondary N) is 1. The number of primary amides is 1. The van der Waals surface area contributed by atoms with Gasteiger partial charge in [-0.15, -0.1) is 0 Å². The summed E-state index contributed by atoms with van der Waals surface area (Å²) in [7, 11) is 0. The summed E-state index contributed by atoms with van der Waals surface area (Å²) in [4.78, 5) is 34.1. The number of aryl methyl sites for hydroxylation is 2. The minimum atomic E-state index is -0.818. The maximum atomic E-state index is 12.3. The molecule has 23 heavy (non-hydrogen) atoms. The number of nitrogens with two attached hydrogens (primary N) is 1. The standard InChI is InChI=1S/C12H15N7O4/c1-3-17-6-8(19(22)23)9(16-17)12(21)15-7-5-14-18(4-2)10(7)11(13)20/h5-6H,3-4H2,1-2H3,(H2,13,20)(H,15,21). The molecule has 3 N–H and O–H groups in total. The van der Waals surface area contributed by atoms with Crippen LogP contribution in [0.4, 0.5) is 11.4 Å². The predicted octanol–water partition coefficient (Wildman–Crippen LogP) is 0.379. The van der Waals surface area contributed by atoms with E-state index >= 15 is 0 Å². The van der Waals surface area contributed by atoms with Crippen molar-refractivity contribution in [2.45, 2.75) is 26.9 Å². The molecule has 0 bridgehead atoms. The fraction of sp³-hybridized carbons (Fsp3) is 0.333. The highest BCUT2D eigenvalue weighted by molar-refractivity contribution is 6.08. The first-order valence-corrected chi connectivity index (χ1v) is 6.77. The molecule has 0 aromatic carbocycles. The smallest absolute Gasteiger partial charge is 0.320 e. The zero-order valence-corrected chi connectivity index (χ0v) is 12.5. The van der Waals surface area contributed by atoms with E-state index in [1.807, 2.05) is 0 Å². The molecule has 2 aromatic heterocycles. The largest absolute Gasteiger partial charge is 0.364 e. The number of hydrogen-bond acceptors (Lipinski definition) is 6. The van der Waals surface area contributed by atoms with E-state index in [2.05, 4.69) is 15.5 Å². The molecular weight excluding hydrogens is 306 g/mol. The van der Waals surface area contributed by atoms with E-state index in [1.165, 1.54) is 21.8 Å². The van der Waals surface area contributed by atoms with Crippen LogP contribution in [0.25, 0.3) is 0 Å². The molecule has 0 unspecified atom stereocenters. The molecule has 0 radical (unpaired) electrons. The molecule has 2 aromatic rings. The summed E-state index contributed by atoms with van der Waals surface area (Å²) in [5, 5.41) is 21.2. The summed E-state index contributed by atoms with van der Waals surface area (Å²) in [6.45, 7) is 4.22. The van der Waals surface area contributed by atoms with Crippen LogP contribution < -0.4 is 11.1 Å². The lowest BCUT2D eigenvalue weighted by Crippen LogP contribution is -2.21. The highest BCUT2D eigenvalue weighted by atomic mass is 16.6. The van der Waals surface area contributed by atoms with Gasteiger partial charge in [0.1, 0.15) is 11.9 Å². The van der Waals surface area contributed by atoms with Gasteiger partial charge >= 0.3 is 5.69 Å². The Bertz CT molecular complexity index is 776. The Balaban J connectivity index is 2.37. The van der Waals surface area contributed by atoms with Crippen molar-refractivity contribution in [1.29, 1.82) is 0 Å². The van der Waals surface area contributed by atoms with Gasteiger partial charge in [-0.1, -0.05) is 0 Å². The topological polar surface area (TPSA) is 151 Å². The second-order valence-electron chi connectivity index (χ2n) is 4.52. The lowest BCUT2D eigenvalue weighted by Gasteiger charge is -2.04. The van der Waals surface area contributed by atoms with Crippen molar-refractivity contribution in [2.24, 2.45) is 5.73 Å². The molecule has 0 saturated heterocycles. The molecule has 2 rings (SSSR count). The first kappa shape index (κ1) is 16.1. The SMILES string of the molecule is CCn1cc([N+](=O)[O-])c(C(=O)Nc2cnn(CC)c2C(N)=O)n1. The predicted molar refractivity (Wildman–Crippen MR) is 78.9 cm³/mol. The third-order valence-corrected chi connectivity index (χ3v) is 3.10.